The highest BCUT2D eigenvalue weighted by Gasteiger charge is 2.39. The van der Waals surface area contributed by atoms with Gasteiger partial charge in [0, 0.05) is 37.2 Å². The molecular weight excluding hydrogens is 332 g/mol. The van der Waals surface area contributed by atoms with Crippen LogP contribution in [-0.2, 0) is 22.7 Å². The van der Waals surface area contributed by atoms with Crippen LogP contribution in [0.4, 0.5) is 0 Å². The minimum absolute atomic E-state index is 0.131. The average molecular weight is 356 g/mol. The van der Waals surface area contributed by atoms with Crippen LogP contribution in [-0.4, -0.2) is 40.7 Å². The van der Waals surface area contributed by atoms with Crippen LogP contribution in [0.3, 0.4) is 0 Å². The highest BCUT2D eigenvalue weighted by molar-refractivity contribution is 6.05. The van der Waals surface area contributed by atoms with Gasteiger partial charge in [0.1, 0.15) is 6.04 Å². The van der Waals surface area contributed by atoms with Gasteiger partial charge >= 0.3 is 0 Å². The summed E-state index contributed by atoms with van der Waals surface area (Å²) < 4.78 is 0. The van der Waals surface area contributed by atoms with Gasteiger partial charge in [-0.15, -0.1) is 0 Å². The fourth-order valence-electron chi connectivity index (χ4n) is 4.20. The van der Waals surface area contributed by atoms with Gasteiger partial charge in [-0.3, -0.25) is 19.7 Å². The highest BCUT2D eigenvalue weighted by atomic mass is 16.2. The van der Waals surface area contributed by atoms with Crippen LogP contribution < -0.4 is 16.4 Å². The van der Waals surface area contributed by atoms with E-state index in [0.29, 0.717) is 31.1 Å². The number of rotatable bonds is 4. The maximum atomic E-state index is 12.8. The third kappa shape index (κ3) is 3.12. The summed E-state index contributed by atoms with van der Waals surface area (Å²) in [6.07, 6.45) is 3.96. The van der Waals surface area contributed by atoms with E-state index < -0.39 is 6.04 Å². The third-order valence-corrected chi connectivity index (χ3v) is 5.73. The Hall–Kier alpha value is -2.25. The number of amides is 3. The molecule has 7 nitrogen and oxygen atoms in total. The highest BCUT2D eigenvalue weighted by Crippen LogP contribution is 2.28. The predicted octanol–water partition coefficient (Wildman–Crippen LogP) is 0.417. The van der Waals surface area contributed by atoms with Gasteiger partial charge in [0.2, 0.25) is 11.8 Å². The Bertz CT molecular complexity index is 763. The lowest BCUT2D eigenvalue weighted by atomic mass is 10.0. The van der Waals surface area contributed by atoms with Gasteiger partial charge in [0.05, 0.1) is 0 Å². The summed E-state index contributed by atoms with van der Waals surface area (Å²) in [5.74, 6) is -0.776. The molecule has 0 aromatic heterocycles. The van der Waals surface area contributed by atoms with Crippen molar-refractivity contribution < 1.29 is 14.4 Å². The normalized spacial score (nSPS) is 28.4. The summed E-state index contributed by atoms with van der Waals surface area (Å²) in [6.45, 7) is 1.10. The summed E-state index contributed by atoms with van der Waals surface area (Å²) >= 11 is 0. The number of piperidine rings is 1. The van der Waals surface area contributed by atoms with E-state index in [-0.39, 0.29) is 30.2 Å². The van der Waals surface area contributed by atoms with E-state index in [1.165, 1.54) is 0 Å². The number of benzene rings is 1. The first-order chi connectivity index (χ1) is 12.5. The number of fused-ring (bicyclic) bond motifs is 1. The molecule has 2 aliphatic heterocycles. The van der Waals surface area contributed by atoms with Gasteiger partial charge in [0.15, 0.2) is 0 Å². The summed E-state index contributed by atoms with van der Waals surface area (Å²) in [5.41, 5.74) is 8.73. The van der Waals surface area contributed by atoms with Crippen molar-refractivity contribution in [1.29, 1.82) is 0 Å². The topological polar surface area (TPSA) is 105 Å². The SMILES string of the molecule is N[C@@H]1CCC[C@@H]1NCc1ccc2c(c1)C(=O)N(C1CCC(=O)NC1=O)C2. The van der Waals surface area contributed by atoms with E-state index in [1.54, 1.807) is 4.90 Å². The molecule has 26 heavy (non-hydrogen) atoms. The minimum Gasteiger partial charge on any atom is -0.326 e. The lowest BCUT2D eigenvalue weighted by Gasteiger charge is -2.29. The first-order valence-corrected chi connectivity index (χ1v) is 9.28. The molecule has 3 atom stereocenters. The minimum atomic E-state index is -0.564. The summed E-state index contributed by atoms with van der Waals surface area (Å²) in [4.78, 5) is 37.8. The number of nitrogens with zero attached hydrogens (tertiary/aromatic N) is 1. The monoisotopic (exact) mass is 356 g/mol. The number of carbonyl (C=O) groups is 3. The zero-order valence-corrected chi connectivity index (χ0v) is 14.7. The number of nitrogens with two attached hydrogens (primary N) is 1. The second-order valence-corrected chi connectivity index (χ2v) is 7.47. The molecule has 3 amide bonds. The van der Waals surface area contributed by atoms with Crippen molar-refractivity contribution in [2.75, 3.05) is 0 Å². The van der Waals surface area contributed by atoms with Crippen LogP contribution in [0.25, 0.3) is 0 Å². The molecule has 1 unspecified atom stereocenters. The lowest BCUT2D eigenvalue weighted by Crippen LogP contribution is -2.52. The van der Waals surface area contributed by atoms with Crippen molar-refractivity contribution in [3.8, 4) is 0 Å². The number of nitrogens with one attached hydrogen (secondary N) is 2. The lowest BCUT2D eigenvalue weighted by molar-refractivity contribution is -0.136. The smallest absolute Gasteiger partial charge is 0.255 e. The number of carbonyl (C=O) groups excluding carboxylic acids is 3. The van der Waals surface area contributed by atoms with Crippen LogP contribution >= 0.6 is 0 Å². The molecule has 0 bridgehead atoms. The molecule has 1 aliphatic carbocycles. The Labute approximate surface area is 152 Å². The number of hydrogen-bond donors (Lipinski definition) is 3. The van der Waals surface area contributed by atoms with Crippen LogP contribution in [0.15, 0.2) is 18.2 Å². The Morgan fingerprint density at radius 3 is 2.77 bits per heavy atom. The maximum Gasteiger partial charge on any atom is 0.255 e. The third-order valence-electron chi connectivity index (χ3n) is 5.73. The van der Waals surface area contributed by atoms with E-state index in [9.17, 15) is 14.4 Å². The summed E-state index contributed by atoms with van der Waals surface area (Å²) in [6, 6.07) is 5.87. The summed E-state index contributed by atoms with van der Waals surface area (Å²) in [7, 11) is 0. The van der Waals surface area contributed by atoms with E-state index in [4.69, 9.17) is 5.73 Å². The van der Waals surface area contributed by atoms with Gasteiger partial charge in [-0.25, -0.2) is 0 Å². The molecule has 1 saturated heterocycles. The van der Waals surface area contributed by atoms with E-state index in [1.807, 2.05) is 18.2 Å². The number of hydrogen-bond acceptors (Lipinski definition) is 5. The molecule has 4 rings (SSSR count). The largest absolute Gasteiger partial charge is 0.326 e. The van der Waals surface area contributed by atoms with Crippen LogP contribution in [0.1, 0.15) is 53.6 Å². The Balaban J connectivity index is 1.45. The van der Waals surface area contributed by atoms with Crippen molar-refractivity contribution in [3.63, 3.8) is 0 Å². The standard InChI is InChI=1S/C19H24N4O3/c20-14-2-1-3-15(14)21-9-11-4-5-12-10-23(19(26)13(12)8-11)16-6-7-17(24)22-18(16)25/h4-5,8,14-16,21H,1-3,6-7,9-10,20H2,(H,22,24,25)/t14-,15+,16?/m1/s1. The molecule has 138 valence electrons. The molecule has 4 N–H and O–H groups in total. The van der Waals surface area contributed by atoms with Crippen molar-refractivity contribution in [1.82, 2.24) is 15.5 Å². The van der Waals surface area contributed by atoms with Gasteiger partial charge in [-0.2, -0.15) is 0 Å². The first kappa shape index (κ1) is 17.2. The summed E-state index contributed by atoms with van der Waals surface area (Å²) in [5, 5.41) is 5.82. The molecule has 1 aromatic rings. The van der Waals surface area contributed by atoms with Crippen LogP contribution in [0.2, 0.25) is 0 Å². The van der Waals surface area contributed by atoms with Gasteiger partial charge in [0.25, 0.3) is 5.91 Å². The fourth-order valence-corrected chi connectivity index (χ4v) is 4.20. The van der Waals surface area contributed by atoms with E-state index in [0.717, 1.165) is 30.4 Å². The molecule has 1 saturated carbocycles. The second kappa shape index (κ2) is 6.81. The average Bonchev–Trinajstić information content (AvgIpc) is 3.17. The van der Waals surface area contributed by atoms with Crippen molar-refractivity contribution >= 4 is 17.7 Å². The van der Waals surface area contributed by atoms with E-state index >= 15 is 0 Å². The molecule has 2 fully saturated rings. The zero-order chi connectivity index (χ0) is 18.3. The van der Waals surface area contributed by atoms with Crippen LogP contribution in [0.5, 0.6) is 0 Å². The van der Waals surface area contributed by atoms with Gasteiger partial charge in [-0.05, 0) is 36.5 Å². The first-order valence-electron chi connectivity index (χ1n) is 9.28. The zero-order valence-electron chi connectivity index (χ0n) is 14.7. The molecule has 2 heterocycles. The van der Waals surface area contributed by atoms with Gasteiger partial charge < -0.3 is 16.0 Å². The van der Waals surface area contributed by atoms with Crippen LogP contribution in [0, 0.1) is 0 Å². The quantitative estimate of drug-likeness (QED) is 0.678. The van der Waals surface area contributed by atoms with Gasteiger partial charge in [-0.1, -0.05) is 18.6 Å². The molecular formula is C19H24N4O3. The molecule has 1 aromatic carbocycles. The fraction of sp³-hybridized carbons (Fsp3) is 0.526. The van der Waals surface area contributed by atoms with Crippen molar-refractivity contribution in [2.24, 2.45) is 5.73 Å². The molecule has 0 radical (unpaired) electrons. The second-order valence-electron chi connectivity index (χ2n) is 7.47. The molecule has 7 heteroatoms. The van der Waals surface area contributed by atoms with Crippen molar-refractivity contribution in [3.05, 3.63) is 34.9 Å². The van der Waals surface area contributed by atoms with E-state index in [2.05, 4.69) is 10.6 Å². The number of imide groups is 1. The maximum absolute atomic E-state index is 12.8. The van der Waals surface area contributed by atoms with Crippen molar-refractivity contribution in [2.45, 2.75) is 63.3 Å². The molecule has 0 spiro atoms. The Kier molecular flexibility index (Phi) is 4.50. The predicted molar refractivity (Wildman–Crippen MR) is 94.9 cm³/mol. The Morgan fingerprint density at radius 1 is 1.19 bits per heavy atom. The molecule has 3 aliphatic rings. The Morgan fingerprint density at radius 2 is 2.04 bits per heavy atom.